The van der Waals surface area contributed by atoms with E-state index in [1.807, 2.05) is 30.8 Å². The number of hydrogen-bond donors (Lipinski definition) is 0. The maximum Gasteiger partial charge on any atom is 0.160 e. The van der Waals surface area contributed by atoms with Crippen LogP contribution < -0.4 is 0 Å². The second-order valence-electron chi connectivity index (χ2n) is 4.42. The number of hydrogen-bond acceptors (Lipinski definition) is 3. The summed E-state index contributed by atoms with van der Waals surface area (Å²) in [5.41, 5.74) is 2.97. The first kappa shape index (κ1) is 13.7. The van der Waals surface area contributed by atoms with Crippen molar-refractivity contribution < 1.29 is 0 Å². The third kappa shape index (κ3) is 2.81. The Morgan fingerprint density at radius 2 is 2.17 bits per heavy atom. The van der Waals surface area contributed by atoms with Crippen molar-refractivity contribution in [2.24, 2.45) is 0 Å². The predicted octanol–water partition coefficient (Wildman–Crippen LogP) is 3.27. The number of pyridine rings is 1. The van der Waals surface area contributed by atoms with Gasteiger partial charge in [0.1, 0.15) is 11.3 Å². The Morgan fingerprint density at radius 3 is 2.83 bits per heavy atom. The van der Waals surface area contributed by atoms with Crippen LogP contribution in [0.25, 0.3) is 11.2 Å². The highest BCUT2D eigenvalue weighted by atomic mass is 35.5. The Balaban J connectivity index is 2.49. The maximum atomic E-state index is 5.86. The summed E-state index contributed by atoms with van der Waals surface area (Å²) >= 11 is 7.71. The molecule has 2 rings (SSSR count). The van der Waals surface area contributed by atoms with E-state index in [1.165, 1.54) is 0 Å². The van der Waals surface area contributed by atoms with Crippen molar-refractivity contribution in [3.05, 3.63) is 23.7 Å². The van der Waals surface area contributed by atoms with E-state index in [2.05, 4.69) is 27.7 Å². The van der Waals surface area contributed by atoms with Gasteiger partial charge < -0.3 is 4.57 Å². The molecule has 2 aromatic heterocycles. The Morgan fingerprint density at radius 1 is 1.39 bits per heavy atom. The number of fused-ring (bicyclic) bond motifs is 1. The van der Waals surface area contributed by atoms with Gasteiger partial charge in [0.25, 0.3) is 0 Å². The van der Waals surface area contributed by atoms with E-state index >= 15 is 0 Å². The highest BCUT2D eigenvalue weighted by Gasteiger charge is 2.13. The molecular weight excluding hydrogens is 266 g/mol. The highest BCUT2D eigenvalue weighted by Crippen LogP contribution is 2.19. The van der Waals surface area contributed by atoms with Crippen LogP contribution in [-0.2, 0) is 13.0 Å². The van der Waals surface area contributed by atoms with Gasteiger partial charge in [0.2, 0.25) is 0 Å². The Hall–Kier alpha value is -0.740. The lowest BCUT2D eigenvalue weighted by Gasteiger charge is -2.12. The van der Waals surface area contributed by atoms with Crippen molar-refractivity contribution >= 4 is 34.5 Å². The van der Waals surface area contributed by atoms with E-state index < -0.39 is 0 Å². The first-order chi connectivity index (χ1) is 8.65. The van der Waals surface area contributed by atoms with Gasteiger partial charge in [0, 0.05) is 29.8 Å². The van der Waals surface area contributed by atoms with Crippen LogP contribution in [0.15, 0.2) is 12.1 Å². The van der Waals surface area contributed by atoms with Crippen LogP contribution in [0.3, 0.4) is 0 Å². The SMILES string of the molecule is CSC(C)Cn1c(CCCl)nc2ccc(C)nc21. The fourth-order valence-electron chi connectivity index (χ4n) is 1.94. The molecule has 0 radical (unpaired) electrons. The number of rotatable bonds is 5. The molecule has 1 atom stereocenters. The molecule has 0 N–H and O–H groups in total. The summed E-state index contributed by atoms with van der Waals surface area (Å²) in [7, 11) is 0. The lowest BCUT2D eigenvalue weighted by atomic mass is 10.3. The van der Waals surface area contributed by atoms with Gasteiger partial charge in [0.05, 0.1) is 0 Å². The van der Waals surface area contributed by atoms with E-state index in [9.17, 15) is 0 Å². The number of nitrogens with zero attached hydrogens (tertiary/aromatic N) is 3. The van der Waals surface area contributed by atoms with Gasteiger partial charge in [-0.05, 0) is 25.3 Å². The molecule has 0 aliphatic rings. The first-order valence-corrected chi connectivity index (χ1v) is 7.89. The minimum atomic E-state index is 0.541. The summed E-state index contributed by atoms with van der Waals surface area (Å²) < 4.78 is 2.21. The average Bonchev–Trinajstić information content (AvgIpc) is 2.68. The molecule has 0 spiro atoms. The van der Waals surface area contributed by atoms with Crippen LogP contribution in [0.5, 0.6) is 0 Å². The summed E-state index contributed by atoms with van der Waals surface area (Å²) in [6.45, 7) is 5.16. The zero-order valence-electron chi connectivity index (χ0n) is 11.0. The highest BCUT2D eigenvalue weighted by molar-refractivity contribution is 7.99. The zero-order valence-corrected chi connectivity index (χ0v) is 12.6. The molecule has 0 fully saturated rings. The van der Waals surface area contributed by atoms with Crippen LogP contribution in [0, 0.1) is 6.92 Å². The van der Waals surface area contributed by atoms with Gasteiger partial charge in [-0.1, -0.05) is 6.92 Å². The maximum absolute atomic E-state index is 5.86. The third-order valence-electron chi connectivity index (χ3n) is 2.97. The molecule has 2 heterocycles. The summed E-state index contributed by atoms with van der Waals surface area (Å²) in [5, 5.41) is 0.541. The van der Waals surface area contributed by atoms with Crippen molar-refractivity contribution in [3.63, 3.8) is 0 Å². The van der Waals surface area contributed by atoms with Gasteiger partial charge in [0.15, 0.2) is 5.65 Å². The molecule has 18 heavy (non-hydrogen) atoms. The topological polar surface area (TPSA) is 30.7 Å². The van der Waals surface area contributed by atoms with Gasteiger partial charge in [-0.15, -0.1) is 11.6 Å². The van der Waals surface area contributed by atoms with E-state index in [0.29, 0.717) is 11.1 Å². The fourth-order valence-corrected chi connectivity index (χ4v) is 2.41. The molecule has 0 aromatic carbocycles. The smallest absolute Gasteiger partial charge is 0.160 e. The van der Waals surface area contributed by atoms with Crippen LogP contribution >= 0.6 is 23.4 Å². The Kier molecular flexibility index (Phi) is 4.51. The zero-order chi connectivity index (χ0) is 13.1. The van der Waals surface area contributed by atoms with Crippen molar-refractivity contribution in [1.82, 2.24) is 14.5 Å². The lowest BCUT2D eigenvalue weighted by molar-refractivity contribution is 0.666. The molecule has 0 amide bonds. The number of alkyl halides is 1. The molecular formula is C13H18ClN3S. The molecule has 0 bridgehead atoms. The minimum Gasteiger partial charge on any atom is -0.312 e. The van der Waals surface area contributed by atoms with Crippen molar-refractivity contribution in [3.8, 4) is 0 Å². The van der Waals surface area contributed by atoms with Crippen molar-refractivity contribution in [2.45, 2.75) is 32.1 Å². The van der Waals surface area contributed by atoms with E-state index in [-0.39, 0.29) is 0 Å². The number of thioether (sulfide) groups is 1. The summed E-state index contributed by atoms with van der Waals surface area (Å²) in [6.07, 6.45) is 2.92. The number of imidazole rings is 1. The number of aryl methyl sites for hydroxylation is 2. The Bertz CT molecular complexity index is 538. The fraction of sp³-hybridized carbons (Fsp3) is 0.538. The van der Waals surface area contributed by atoms with Gasteiger partial charge in [-0.2, -0.15) is 11.8 Å². The second-order valence-corrected chi connectivity index (χ2v) is 6.07. The Labute approximate surface area is 117 Å². The van der Waals surface area contributed by atoms with Crippen LogP contribution in [0.1, 0.15) is 18.4 Å². The second kappa shape index (κ2) is 5.93. The van der Waals surface area contributed by atoms with Crippen molar-refractivity contribution in [2.75, 3.05) is 12.1 Å². The summed E-state index contributed by atoms with van der Waals surface area (Å²) in [4.78, 5) is 9.25. The van der Waals surface area contributed by atoms with Gasteiger partial charge >= 0.3 is 0 Å². The van der Waals surface area contributed by atoms with Crippen LogP contribution in [0.4, 0.5) is 0 Å². The third-order valence-corrected chi connectivity index (χ3v) is 4.11. The van der Waals surface area contributed by atoms with E-state index in [0.717, 1.165) is 35.6 Å². The van der Waals surface area contributed by atoms with Gasteiger partial charge in [-0.25, -0.2) is 9.97 Å². The van der Waals surface area contributed by atoms with Crippen molar-refractivity contribution in [1.29, 1.82) is 0 Å². The number of halogens is 1. The van der Waals surface area contributed by atoms with Gasteiger partial charge in [-0.3, -0.25) is 0 Å². The summed E-state index contributed by atoms with van der Waals surface area (Å²) in [6, 6.07) is 4.04. The minimum absolute atomic E-state index is 0.541. The summed E-state index contributed by atoms with van der Waals surface area (Å²) in [5.74, 6) is 1.63. The monoisotopic (exact) mass is 283 g/mol. The molecule has 2 aromatic rings. The van der Waals surface area contributed by atoms with E-state index in [4.69, 9.17) is 11.6 Å². The standard InChI is InChI=1S/C13H18ClN3S/c1-9-4-5-11-13(15-9)17(8-10(2)18-3)12(16-11)6-7-14/h4-5,10H,6-8H2,1-3H3. The average molecular weight is 284 g/mol. The molecule has 1 unspecified atom stereocenters. The first-order valence-electron chi connectivity index (χ1n) is 6.07. The molecule has 5 heteroatoms. The predicted molar refractivity (Wildman–Crippen MR) is 79.7 cm³/mol. The van der Waals surface area contributed by atoms with E-state index in [1.54, 1.807) is 0 Å². The molecule has 0 saturated heterocycles. The molecule has 98 valence electrons. The number of aromatic nitrogens is 3. The van der Waals surface area contributed by atoms with Crippen LogP contribution in [-0.4, -0.2) is 31.9 Å². The molecule has 0 aliphatic carbocycles. The normalized spacial score (nSPS) is 13.1. The molecule has 0 aliphatic heterocycles. The quantitative estimate of drug-likeness (QED) is 0.789. The molecule has 3 nitrogen and oxygen atoms in total. The largest absolute Gasteiger partial charge is 0.312 e. The lowest BCUT2D eigenvalue weighted by Crippen LogP contribution is -2.13. The van der Waals surface area contributed by atoms with Crippen LogP contribution in [0.2, 0.25) is 0 Å². The molecule has 0 saturated carbocycles.